The van der Waals surface area contributed by atoms with Gasteiger partial charge in [-0.3, -0.25) is 0 Å². The van der Waals surface area contributed by atoms with Crippen molar-refractivity contribution in [3.05, 3.63) is 35.2 Å². The Morgan fingerprint density at radius 3 is 2.72 bits per heavy atom. The van der Waals surface area contributed by atoms with E-state index in [-0.39, 0.29) is 0 Å². The molecule has 1 N–H and O–H groups in total. The van der Waals surface area contributed by atoms with Crippen molar-refractivity contribution in [1.82, 2.24) is 20.1 Å². The Bertz CT molecular complexity index is 583. The van der Waals surface area contributed by atoms with Crippen LogP contribution in [0.2, 0.25) is 0 Å². The van der Waals surface area contributed by atoms with Crippen LogP contribution in [0, 0.1) is 6.92 Å². The molecule has 0 unspecified atom stereocenters. The van der Waals surface area contributed by atoms with Crippen LogP contribution in [0.15, 0.2) is 18.2 Å². The third-order valence-electron chi connectivity index (χ3n) is 3.48. The molecule has 1 aliphatic heterocycles. The second-order valence-corrected chi connectivity index (χ2v) is 5.12. The van der Waals surface area contributed by atoms with Gasteiger partial charge in [0.05, 0.1) is 0 Å². The van der Waals surface area contributed by atoms with E-state index in [2.05, 4.69) is 52.1 Å². The highest BCUT2D eigenvalue weighted by molar-refractivity contribution is 5.58. The van der Waals surface area contributed by atoms with Crippen LogP contribution in [0.5, 0.6) is 0 Å². The van der Waals surface area contributed by atoms with Gasteiger partial charge in [0, 0.05) is 24.7 Å². The molecule has 94 valence electrons. The van der Waals surface area contributed by atoms with Gasteiger partial charge in [-0.05, 0) is 38.0 Å². The first kappa shape index (κ1) is 11.4. The third kappa shape index (κ3) is 1.73. The van der Waals surface area contributed by atoms with Crippen molar-refractivity contribution < 1.29 is 0 Å². The van der Waals surface area contributed by atoms with E-state index in [9.17, 15) is 0 Å². The smallest absolute Gasteiger partial charge is 0.164 e. The van der Waals surface area contributed by atoms with Crippen molar-refractivity contribution in [2.24, 2.45) is 0 Å². The van der Waals surface area contributed by atoms with Gasteiger partial charge in [-0.2, -0.15) is 0 Å². The molecule has 4 heteroatoms. The first-order chi connectivity index (χ1) is 8.66. The number of aryl methyl sites for hydroxylation is 1. The molecule has 0 saturated carbocycles. The Morgan fingerprint density at radius 1 is 1.17 bits per heavy atom. The van der Waals surface area contributed by atoms with E-state index in [4.69, 9.17) is 0 Å². The fourth-order valence-electron chi connectivity index (χ4n) is 2.62. The lowest BCUT2D eigenvalue weighted by Crippen LogP contribution is -2.05. The summed E-state index contributed by atoms with van der Waals surface area (Å²) in [5.41, 5.74) is 3.93. The Morgan fingerprint density at radius 2 is 1.94 bits per heavy atom. The SMILES string of the molecule is Cc1nnc(-c2ccc3c(c2)CNC3)n1C(C)C. The van der Waals surface area contributed by atoms with E-state index >= 15 is 0 Å². The lowest BCUT2D eigenvalue weighted by molar-refractivity contribution is 0.587. The number of hydrogen-bond donors (Lipinski definition) is 1. The molecule has 0 atom stereocenters. The summed E-state index contributed by atoms with van der Waals surface area (Å²) >= 11 is 0. The molecule has 1 aromatic heterocycles. The van der Waals surface area contributed by atoms with Crippen LogP contribution in [-0.4, -0.2) is 14.8 Å². The number of benzene rings is 1. The zero-order valence-electron chi connectivity index (χ0n) is 11.1. The fraction of sp³-hybridized carbons (Fsp3) is 0.429. The predicted molar refractivity (Wildman–Crippen MR) is 71.1 cm³/mol. The quantitative estimate of drug-likeness (QED) is 0.879. The van der Waals surface area contributed by atoms with E-state index in [0.29, 0.717) is 6.04 Å². The molecule has 18 heavy (non-hydrogen) atoms. The molecule has 0 spiro atoms. The number of nitrogens with one attached hydrogen (secondary N) is 1. The summed E-state index contributed by atoms with van der Waals surface area (Å²) in [6.07, 6.45) is 0. The minimum absolute atomic E-state index is 0.376. The maximum absolute atomic E-state index is 4.33. The number of nitrogens with zero attached hydrogens (tertiary/aromatic N) is 3. The summed E-state index contributed by atoms with van der Waals surface area (Å²) in [7, 11) is 0. The van der Waals surface area contributed by atoms with E-state index in [1.807, 2.05) is 6.92 Å². The minimum atomic E-state index is 0.376. The molecule has 0 fully saturated rings. The van der Waals surface area contributed by atoms with Gasteiger partial charge < -0.3 is 9.88 Å². The molecular formula is C14H18N4. The summed E-state index contributed by atoms with van der Waals surface area (Å²) in [5.74, 6) is 1.94. The van der Waals surface area contributed by atoms with E-state index in [1.54, 1.807) is 0 Å². The number of rotatable bonds is 2. The lowest BCUT2D eigenvalue weighted by atomic mass is 10.1. The van der Waals surface area contributed by atoms with E-state index in [1.165, 1.54) is 11.1 Å². The molecule has 0 aliphatic carbocycles. The van der Waals surface area contributed by atoms with Crippen molar-refractivity contribution >= 4 is 0 Å². The first-order valence-corrected chi connectivity index (χ1v) is 6.41. The van der Waals surface area contributed by atoms with Gasteiger partial charge in [0.1, 0.15) is 5.82 Å². The Labute approximate surface area is 107 Å². The Kier molecular flexibility index (Phi) is 2.67. The predicted octanol–water partition coefficient (Wildman–Crippen LogP) is 2.44. The topological polar surface area (TPSA) is 42.7 Å². The summed E-state index contributed by atoms with van der Waals surface area (Å²) in [6.45, 7) is 8.26. The van der Waals surface area contributed by atoms with Crippen LogP contribution in [0.25, 0.3) is 11.4 Å². The highest BCUT2D eigenvalue weighted by Crippen LogP contribution is 2.26. The van der Waals surface area contributed by atoms with Crippen LogP contribution >= 0.6 is 0 Å². The van der Waals surface area contributed by atoms with Crippen molar-refractivity contribution in [1.29, 1.82) is 0 Å². The van der Waals surface area contributed by atoms with Crippen LogP contribution in [0.3, 0.4) is 0 Å². The highest BCUT2D eigenvalue weighted by atomic mass is 15.3. The van der Waals surface area contributed by atoms with Crippen molar-refractivity contribution in [3.8, 4) is 11.4 Å². The summed E-state index contributed by atoms with van der Waals surface area (Å²) < 4.78 is 2.18. The average Bonchev–Trinajstić information content (AvgIpc) is 2.93. The van der Waals surface area contributed by atoms with Crippen LogP contribution in [0.1, 0.15) is 36.8 Å². The molecule has 0 radical (unpaired) electrons. The second-order valence-electron chi connectivity index (χ2n) is 5.12. The largest absolute Gasteiger partial charge is 0.309 e. The van der Waals surface area contributed by atoms with Gasteiger partial charge >= 0.3 is 0 Å². The molecule has 0 amide bonds. The summed E-state index contributed by atoms with van der Waals surface area (Å²) in [5, 5.41) is 11.9. The zero-order chi connectivity index (χ0) is 12.7. The molecule has 2 heterocycles. The normalized spacial score (nSPS) is 14.2. The van der Waals surface area contributed by atoms with Gasteiger partial charge in [-0.15, -0.1) is 10.2 Å². The molecule has 2 aromatic rings. The number of aromatic nitrogens is 3. The zero-order valence-corrected chi connectivity index (χ0v) is 11.1. The van der Waals surface area contributed by atoms with Crippen molar-refractivity contribution in [3.63, 3.8) is 0 Å². The molecular weight excluding hydrogens is 224 g/mol. The molecule has 1 aromatic carbocycles. The molecule has 0 saturated heterocycles. The maximum Gasteiger partial charge on any atom is 0.164 e. The Balaban J connectivity index is 2.10. The third-order valence-corrected chi connectivity index (χ3v) is 3.48. The summed E-state index contributed by atoms with van der Waals surface area (Å²) in [6, 6.07) is 6.95. The number of fused-ring (bicyclic) bond motifs is 1. The standard InChI is InChI=1S/C14H18N4/c1-9(2)18-10(3)16-17-14(18)11-4-5-12-7-15-8-13(12)6-11/h4-6,9,15H,7-8H2,1-3H3. The van der Waals surface area contributed by atoms with Gasteiger partial charge in [0.25, 0.3) is 0 Å². The molecule has 0 bridgehead atoms. The monoisotopic (exact) mass is 242 g/mol. The molecule has 3 rings (SSSR count). The number of hydrogen-bond acceptors (Lipinski definition) is 3. The second kappa shape index (κ2) is 4.21. The van der Waals surface area contributed by atoms with Crippen molar-refractivity contribution in [2.45, 2.75) is 39.9 Å². The van der Waals surface area contributed by atoms with Crippen LogP contribution in [-0.2, 0) is 13.1 Å². The van der Waals surface area contributed by atoms with E-state index in [0.717, 1.165) is 30.3 Å². The minimum Gasteiger partial charge on any atom is -0.309 e. The lowest BCUT2D eigenvalue weighted by Gasteiger charge is -2.12. The highest BCUT2D eigenvalue weighted by Gasteiger charge is 2.16. The Hall–Kier alpha value is -1.68. The van der Waals surface area contributed by atoms with Gasteiger partial charge in [-0.25, -0.2) is 0 Å². The van der Waals surface area contributed by atoms with Gasteiger partial charge in [0.15, 0.2) is 5.82 Å². The van der Waals surface area contributed by atoms with Crippen molar-refractivity contribution in [2.75, 3.05) is 0 Å². The molecule has 4 nitrogen and oxygen atoms in total. The first-order valence-electron chi connectivity index (χ1n) is 6.41. The summed E-state index contributed by atoms with van der Waals surface area (Å²) in [4.78, 5) is 0. The van der Waals surface area contributed by atoms with Gasteiger partial charge in [0.2, 0.25) is 0 Å². The van der Waals surface area contributed by atoms with Gasteiger partial charge in [-0.1, -0.05) is 12.1 Å². The average molecular weight is 242 g/mol. The van der Waals surface area contributed by atoms with E-state index < -0.39 is 0 Å². The molecule has 1 aliphatic rings. The van der Waals surface area contributed by atoms with Crippen LogP contribution in [0.4, 0.5) is 0 Å². The maximum atomic E-state index is 4.33. The fourth-order valence-corrected chi connectivity index (χ4v) is 2.62. The van der Waals surface area contributed by atoms with Crippen LogP contribution < -0.4 is 5.32 Å².